The van der Waals surface area contributed by atoms with Gasteiger partial charge in [-0.2, -0.15) is 0 Å². The van der Waals surface area contributed by atoms with E-state index in [4.69, 9.17) is 4.43 Å². The van der Waals surface area contributed by atoms with Crippen LogP contribution in [0.25, 0.3) is 0 Å². The molecule has 2 aromatic rings. The largest absolute Gasteiger partial charge is 0.540 e. The van der Waals surface area contributed by atoms with Gasteiger partial charge in [0.25, 0.3) is 0 Å². The van der Waals surface area contributed by atoms with Crippen LogP contribution in [0.4, 0.5) is 0 Å². The van der Waals surface area contributed by atoms with Crippen molar-refractivity contribution in [2.24, 2.45) is 0 Å². The number of halogens is 2. The molecule has 0 radical (unpaired) electrons. The van der Waals surface area contributed by atoms with E-state index in [0.717, 1.165) is 21.7 Å². The molecule has 140 valence electrons. The predicted molar refractivity (Wildman–Crippen MR) is 134 cm³/mol. The van der Waals surface area contributed by atoms with Gasteiger partial charge in [-0.25, -0.2) is 0 Å². The predicted octanol–water partition coefficient (Wildman–Crippen LogP) is 6.10. The van der Waals surface area contributed by atoms with E-state index in [9.17, 15) is 0 Å². The Balaban J connectivity index is 2.62. The molecule has 0 saturated heterocycles. The second-order valence-electron chi connectivity index (χ2n) is 7.44. The van der Waals surface area contributed by atoms with Crippen LogP contribution in [0.5, 0.6) is 0 Å². The van der Waals surface area contributed by atoms with Gasteiger partial charge in [-0.15, -0.1) is 0 Å². The Bertz CT molecular complexity index is 646. The Morgan fingerprint density at radius 2 is 1.27 bits per heavy atom. The highest BCUT2D eigenvalue weighted by atomic mass is 127. The summed E-state index contributed by atoms with van der Waals surface area (Å²) in [6, 6.07) is 21.7. The molecule has 0 fully saturated rings. The highest BCUT2D eigenvalue weighted by Crippen LogP contribution is 2.37. The summed E-state index contributed by atoms with van der Waals surface area (Å²) >= 11 is 4.91. The summed E-state index contributed by atoms with van der Waals surface area (Å²) < 4.78 is 9.16. The minimum Gasteiger partial charge on any atom is -0.540 e. The van der Waals surface area contributed by atoms with Gasteiger partial charge in [0.2, 0.25) is 0 Å². The first-order chi connectivity index (χ1) is 12.5. The van der Waals surface area contributed by atoms with Crippen LogP contribution in [0.3, 0.4) is 0 Å². The fourth-order valence-corrected chi connectivity index (χ4v) is 9.09. The van der Waals surface area contributed by atoms with Crippen molar-refractivity contribution in [1.82, 2.24) is 0 Å². The third-order valence-corrected chi connectivity index (χ3v) is 10.6. The van der Waals surface area contributed by atoms with Crippen LogP contribution in [0.15, 0.2) is 72.5 Å². The lowest BCUT2D eigenvalue weighted by atomic mass is 10.2. The zero-order chi connectivity index (χ0) is 19.0. The van der Waals surface area contributed by atoms with E-state index < -0.39 is 8.32 Å². The van der Waals surface area contributed by atoms with Gasteiger partial charge in [0, 0.05) is 8.86 Å². The van der Waals surface area contributed by atoms with Crippen molar-refractivity contribution in [3.8, 4) is 0 Å². The molecule has 0 aliphatic heterocycles. The van der Waals surface area contributed by atoms with E-state index in [1.165, 1.54) is 15.9 Å². The van der Waals surface area contributed by atoms with Gasteiger partial charge in [-0.3, -0.25) is 0 Å². The lowest BCUT2D eigenvalue weighted by Gasteiger charge is -2.42. The summed E-state index contributed by atoms with van der Waals surface area (Å²) in [5.41, 5.74) is 1.42. The summed E-state index contributed by atoms with van der Waals surface area (Å²) in [4.78, 5) is 0. The molecule has 0 N–H and O–H groups in total. The topological polar surface area (TPSA) is 9.23 Å². The van der Waals surface area contributed by atoms with Crippen molar-refractivity contribution in [2.75, 3.05) is 8.86 Å². The van der Waals surface area contributed by atoms with Crippen molar-refractivity contribution < 1.29 is 4.43 Å². The lowest BCUT2D eigenvalue weighted by Crippen LogP contribution is -2.65. The van der Waals surface area contributed by atoms with Crippen LogP contribution in [0, 0.1) is 0 Å². The van der Waals surface area contributed by atoms with E-state index in [0.29, 0.717) is 0 Å². The van der Waals surface area contributed by atoms with Crippen LogP contribution in [-0.4, -0.2) is 17.2 Å². The van der Waals surface area contributed by atoms with Gasteiger partial charge in [-0.05, 0) is 33.8 Å². The Labute approximate surface area is 187 Å². The number of benzene rings is 2. The van der Waals surface area contributed by atoms with Crippen molar-refractivity contribution in [3.05, 3.63) is 72.5 Å². The second-order valence-corrected chi connectivity index (χ2v) is 13.8. The van der Waals surface area contributed by atoms with Gasteiger partial charge in [0.15, 0.2) is 0 Å². The molecule has 0 unspecified atom stereocenters. The summed E-state index contributed by atoms with van der Waals surface area (Å²) in [7, 11) is -2.45. The molecule has 26 heavy (non-hydrogen) atoms. The van der Waals surface area contributed by atoms with E-state index in [-0.39, 0.29) is 5.04 Å². The number of allylic oxidation sites excluding steroid dienone is 1. The Morgan fingerprint density at radius 1 is 0.846 bits per heavy atom. The normalized spacial score (nSPS) is 11.9. The molecule has 1 nitrogen and oxygen atoms in total. The van der Waals surface area contributed by atoms with Crippen LogP contribution in [0.2, 0.25) is 5.04 Å². The molecule has 2 aromatic carbocycles. The fraction of sp³-hybridized carbons (Fsp3) is 0.364. The van der Waals surface area contributed by atoms with Gasteiger partial charge in [0.05, 0.1) is 6.26 Å². The molecule has 4 heteroatoms. The smallest absolute Gasteiger partial charge is 0.319 e. The molecule has 0 aliphatic rings. The number of hydrogen-bond donors (Lipinski definition) is 0. The highest BCUT2D eigenvalue weighted by molar-refractivity contribution is 14.1. The SMILES string of the molecule is CC(C)(C)[Si](OC=C(CCI)CCI)(c1ccccc1)c1ccccc1. The summed E-state index contributed by atoms with van der Waals surface area (Å²) in [5.74, 6) is 0. The second kappa shape index (κ2) is 10.3. The minimum absolute atomic E-state index is 0.0198. The van der Waals surface area contributed by atoms with E-state index in [1.54, 1.807) is 0 Å². The summed E-state index contributed by atoms with van der Waals surface area (Å²) in [5, 5.41) is 2.68. The minimum atomic E-state index is -2.45. The van der Waals surface area contributed by atoms with Crippen molar-refractivity contribution in [2.45, 2.75) is 38.7 Å². The monoisotopic (exact) mass is 590 g/mol. The quantitative estimate of drug-likeness (QED) is 0.157. The van der Waals surface area contributed by atoms with Gasteiger partial charge in [0.1, 0.15) is 0 Å². The zero-order valence-corrected chi connectivity index (χ0v) is 21.2. The summed E-state index contributed by atoms with van der Waals surface area (Å²) in [6.07, 6.45) is 4.30. The van der Waals surface area contributed by atoms with Crippen LogP contribution in [0.1, 0.15) is 33.6 Å². The first kappa shape index (κ1) is 22.0. The zero-order valence-electron chi connectivity index (χ0n) is 15.8. The maximum absolute atomic E-state index is 6.90. The van der Waals surface area contributed by atoms with Crippen LogP contribution >= 0.6 is 45.2 Å². The molecule has 2 rings (SSSR count). The molecule has 0 spiro atoms. The number of rotatable bonds is 8. The molecule has 0 bridgehead atoms. The van der Waals surface area contributed by atoms with Gasteiger partial charge < -0.3 is 4.43 Å². The van der Waals surface area contributed by atoms with E-state index in [2.05, 4.69) is 133 Å². The van der Waals surface area contributed by atoms with Crippen LogP contribution in [-0.2, 0) is 4.43 Å². The van der Waals surface area contributed by atoms with E-state index in [1.807, 2.05) is 0 Å². The maximum atomic E-state index is 6.90. The molecule has 0 saturated carbocycles. The number of alkyl halides is 2. The molecule has 0 aliphatic carbocycles. The average molecular weight is 590 g/mol. The molecular weight excluding hydrogens is 562 g/mol. The van der Waals surface area contributed by atoms with Crippen molar-refractivity contribution in [3.63, 3.8) is 0 Å². The lowest BCUT2D eigenvalue weighted by molar-refractivity contribution is 0.437. The third-order valence-electron chi connectivity index (χ3n) is 4.65. The average Bonchev–Trinajstić information content (AvgIpc) is 2.63. The Morgan fingerprint density at radius 3 is 1.62 bits per heavy atom. The standard InChI is InChI=1S/C22H28I2OSi/c1-22(2,3)26(20-10-6-4-7-11-20,21-12-8-5-9-13-21)25-18-19(14-16-23)15-17-24/h4-13,18H,14-17H2,1-3H3. The van der Waals surface area contributed by atoms with Crippen molar-refractivity contribution in [1.29, 1.82) is 0 Å². The van der Waals surface area contributed by atoms with E-state index >= 15 is 0 Å². The first-order valence-corrected chi connectivity index (χ1v) is 14.0. The number of hydrogen-bond acceptors (Lipinski definition) is 1. The summed E-state index contributed by atoms with van der Waals surface area (Å²) in [6.45, 7) is 6.97. The first-order valence-electron chi connectivity index (χ1n) is 9.04. The Kier molecular flexibility index (Phi) is 8.67. The van der Waals surface area contributed by atoms with Gasteiger partial charge >= 0.3 is 8.32 Å². The fourth-order valence-electron chi connectivity index (χ4n) is 3.35. The van der Waals surface area contributed by atoms with Gasteiger partial charge in [-0.1, -0.05) is 127 Å². The highest BCUT2D eigenvalue weighted by Gasteiger charge is 2.51. The third kappa shape index (κ3) is 5.13. The molecule has 0 atom stereocenters. The molecule has 0 aromatic heterocycles. The van der Waals surface area contributed by atoms with Crippen LogP contribution < -0.4 is 10.4 Å². The molecule has 0 amide bonds. The Hall–Kier alpha value is -0.343. The molecular formula is C22H28I2OSi. The maximum Gasteiger partial charge on any atom is 0.319 e. The molecule has 0 heterocycles. The van der Waals surface area contributed by atoms with Crippen molar-refractivity contribution >= 4 is 63.9 Å².